The van der Waals surface area contributed by atoms with Gasteiger partial charge in [0.1, 0.15) is 0 Å². The van der Waals surface area contributed by atoms with Crippen LogP contribution in [0.2, 0.25) is 0 Å². The molecule has 0 aromatic rings. The van der Waals surface area contributed by atoms with Crippen LogP contribution in [0.5, 0.6) is 0 Å². The van der Waals surface area contributed by atoms with Crippen molar-refractivity contribution < 1.29 is 9.53 Å². The smallest absolute Gasteiger partial charge is 0.309 e. The first-order chi connectivity index (χ1) is 8.29. The largest absolute Gasteiger partial charge is 0.465 e. The third kappa shape index (κ3) is 5.10. The van der Waals surface area contributed by atoms with E-state index in [4.69, 9.17) is 4.74 Å². The molecule has 0 amide bonds. The normalized spacial score (nSPS) is 24.6. The van der Waals surface area contributed by atoms with Crippen LogP contribution in [0.4, 0.5) is 0 Å². The van der Waals surface area contributed by atoms with Gasteiger partial charge in [0.2, 0.25) is 0 Å². The summed E-state index contributed by atoms with van der Waals surface area (Å²) in [7, 11) is 0. The van der Waals surface area contributed by atoms with Gasteiger partial charge in [0.25, 0.3) is 0 Å². The maximum Gasteiger partial charge on any atom is 0.309 e. The summed E-state index contributed by atoms with van der Waals surface area (Å²) in [5.74, 6) is 0.742. The summed E-state index contributed by atoms with van der Waals surface area (Å²) in [5, 5.41) is 0. The Morgan fingerprint density at radius 1 is 1.29 bits per heavy atom. The van der Waals surface area contributed by atoms with E-state index in [1.165, 1.54) is 25.7 Å². The van der Waals surface area contributed by atoms with E-state index >= 15 is 0 Å². The van der Waals surface area contributed by atoms with Crippen LogP contribution in [0.3, 0.4) is 0 Å². The summed E-state index contributed by atoms with van der Waals surface area (Å²) >= 11 is 0. The first-order valence-corrected chi connectivity index (χ1v) is 7.25. The van der Waals surface area contributed by atoms with E-state index in [2.05, 4.69) is 13.8 Å². The van der Waals surface area contributed by atoms with Crippen LogP contribution < -0.4 is 0 Å². The highest BCUT2D eigenvalue weighted by molar-refractivity contribution is 5.72. The summed E-state index contributed by atoms with van der Waals surface area (Å²) in [5.41, 5.74) is 0. The van der Waals surface area contributed by atoms with Crippen molar-refractivity contribution in [2.75, 3.05) is 6.61 Å². The molecular formula is C15H27O2. The SMILES string of the molecule is [CH2]CCC1CCCCC1C(=O)OCCCCC. The molecule has 2 nitrogen and oxygen atoms in total. The Balaban J connectivity index is 2.31. The van der Waals surface area contributed by atoms with E-state index in [-0.39, 0.29) is 11.9 Å². The average Bonchev–Trinajstić information content (AvgIpc) is 2.35. The zero-order valence-corrected chi connectivity index (χ0v) is 11.2. The second-order valence-corrected chi connectivity index (χ2v) is 5.17. The van der Waals surface area contributed by atoms with Gasteiger partial charge in [-0.15, -0.1) is 0 Å². The predicted molar refractivity (Wildman–Crippen MR) is 70.5 cm³/mol. The van der Waals surface area contributed by atoms with Crippen molar-refractivity contribution >= 4 is 5.97 Å². The van der Waals surface area contributed by atoms with E-state index in [1.54, 1.807) is 0 Å². The van der Waals surface area contributed by atoms with Crippen LogP contribution in [-0.2, 0) is 9.53 Å². The molecule has 2 atom stereocenters. The molecule has 0 aromatic heterocycles. The van der Waals surface area contributed by atoms with Crippen molar-refractivity contribution in [3.8, 4) is 0 Å². The Hall–Kier alpha value is -0.530. The summed E-state index contributed by atoms with van der Waals surface area (Å²) in [6, 6.07) is 0. The lowest BCUT2D eigenvalue weighted by atomic mass is 9.77. The number of hydrogen-bond acceptors (Lipinski definition) is 2. The zero-order valence-electron chi connectivity index (χ0n) is 11.2. The van der Waals surface area contributed by atoms with Gasteiger partial charge in [0.05, 0.1) is 12.5 Å². The zero-order chi connectivity index (χ0) is 12.5. The molecule has 1 fully saturated rings. The van der Waals surface area contributed by atoms with Crippen molar-refractivity contribution in [3.05, 3.63) is 6.92 Å². The maximum absolute atomic E-state index is 12.0. The van der Waals surface area contributed by atoms with Gasteiger partial charge in [-0.2, -0.15) is 0 Å². The molecule has 2 heteroatoms. The summed E-state index contributed by atoms with van der Waals surface area (Å²) in [6.07, 6.45) is 10.0. The van der Waals surface area contributed by atoms with E-state index in [0.29, 0.717) is 12.5 Å². The van der Waals surface area contributed by atoms with E-state index < -0.39 is 0 Å². The Kier molecular flexibility index (Phi) is 7.30. The lowest BCUT2D eigenvalue weighted by Gasteiger charge is -2.29. The molecule has 1 radical (unpaired) electrons. The number of rotatable bonds is 7. The van der Waals surface area contributed by atoms with Gasteiger partial charge in [0.15, 0.2) is 0 Å². The van der Waals surface area contributed by atoms with Crippen molar-refractivity contribution in [1.29, 1.82) is 0 Å². The van der Waals surface area contributed by atoms with Crippen molar-refractivity contribution in [1.82, 2.24) is 0 Å². The fourth-order valence-electron chi connectivity index (χ4n) is 2.76. The van der Waals surface area contributed by atoms with E-state index in [9.17, 15) is 4.79 Å². The number of carbonyl (C=O) groups is 1. The van der Waals surface area contributed by atoms with Crippen LogP contribution in [0, 0.1) is 18.8 Å². The number of esters is 1. The Labute approximate surface area is 106 Å². The Morgan fingerprint density at radius 2 is 2.06 bits per heavy atom. The van der Waals surface area contributed by atoms with Gasteiger partial charge in [-0.3, -0.25) is 4.79 Å². The second-order valence-electron chi connectivity index (χ2n) is 5.17. The monoisotopic (exact) mass is 239 g/mol. The van der Waals surface area contributed by atoms with Crippen molar-refractivity contribution in [2.45, 2.75) is 64.7 Å². The molecular weight excluding hydrogens is 212 g/mol. The molecule has 0 heterocycles. The minimum atomic E-state index is 0.0549. The molecule has 1 aliphatic carbocycles. The van der Waals surface area contributed by atoms with E-state index in [0.717, 1.165) is 32.1 Å². The van der Waals surface area contributed by atoms with Crippen molar-refractivity contribution in [2.24, 2.45) is 11.8 Å². The second kappa shape index (κ2) is 8.54. The number of unbranched alkanes of at least 4 members (excludes halogenated alkanes) is 2. The summed E-state index contributed by atoms with van der Waals surface area (Å²) in [6.45, 7) is 6.68. The molecule has 0 aromatic carbocycles. The standard InChI is InChI=1S/C15H27O2/c1-3-5-8-12-17-15(16)14-11-7-6-10-13(14)9-4-2/h13-14H,2-12H2,1H3. The Bertz CT molecular complexity index is 211. The van der Waals surface area contributed by atoms with Gasteiger partial charge in [-0.25, -0.2) is 0 Å². The first kappa shape index (κ1) is 14.5. The molecule has 2 unspecified atom stereocenters. The molecule has 0 spiro atoms. The van der Waals surface area contributed by atoms with Gasteiger partial charge in [-0.1, -0.05) is 46.0 Å². The van der Waals surface area contributed by atoms with E-state index in [1.807, 2.05) is 0 Å². The quantitative estimate of drug-likeness (QED) is 0.493. The molecule has 1 saturated carbocycles. The molecule has 0 saturated heterocycles. The fraction of sp³-hybridized carbons (Fsp3) is 0.867. The molecule has 99 valence electrons. The molecule has 1 aliphatic rings. The van der Waals surface area contributed by atoms with Gasteiger partial charge < -0.3 is 4.74 Å². The third-order valence-corrected chi connectivity index (χ3v) is 3.78. The number of carbonyl (C=O) groups excluding carboxylic acids is 1. The van der Waals surface area contributed by atoms with Crippen LogP contribution in [0.1, 0.15) is 64.7 Å². The topological polar surface area (TPSA) is 26.3 Å². The van der Waals surface area contributed by atoms with Gasteiger partial charge >= 0.3 is 5.97 Å². The highest BCUT2D eigenvalue weighted by Gasteiger charge is 2.31. The summed E-state index contributed by atoms with van der Waals surface area (Å²) in [4.78, 5) is 12.0. The maximum atomic E-state index is 12.0. The minimum absolute atomic E-state index is 0.0549. The van der Waals surface area contributed by atoms with Crippen LogP contribution in [0.25, 0.3) is 0 Å². The highest BCUT2D eigenvalue weighted by Crippen LogP contribution is 2.33. The van der Waals surface area contributed by atoms with Gasteiger partial charge in [0, 0.05) is 0 Å². The van der Waals surface area contributed by atoms with Crippen LogP contribution in [-0.4, -0.2) is 12.6 Å². The minimum Gasteiger partial charge on any atom is -0.465 e. The predicted octanol–water partition coefficient (Wildman–Crippen LogP) is 4.14. The molecule has 0 N–H and O–H groups in total. The van der Waals surface area contributed by atoms with Crippen LogP contribution >= 0.6 is 0 Å². The van der Waals surface area contributed by atoms with Crippen LogP contribution in [0.15, 0.2) is 0 Å². The fourth-order valence-corrected chi connectivity index (χ4v) is 2.76. The molecule has 0 bridgehead atoms. The average molecular weight is 239 g/mol. The lowest BCUT2D eigenvalue weighted by Crippen LogP contribution is -2.29. The molecule has 17 heavy (non-hydrogen) atoms. The number of ether oxygens (including phenoxy) is 1. The first-order valence-electron chi connectivity index (χ1n) is 7.25. The Morgan fingerprint density at radius 3 is 2.76 bits per heavy atom. The molecule has 0 aliphatic heterocycles. The summed E-state index contributed by atoms with van der Waals surface area (Å²) < 4.78 is 5.40. The van der Waals surface area contributed by atoms with Gasteiger partial charge in [-0.05, 0) is 31.6 Å². The molecule has 1 rings (SSSR count). The highest BCUT2D eigenvalue weighted by atomic mass is 16.5. The van der Waals surface area contributed by atoms with Crippen molar-refractivity contribution in [3.63, 3.8) is 0 Å². The third-order valence-electron chi connectivity index (χ3n) is 3.78. The number of hydrogen-bond donors (Lipinski definition) is 0. The lowest BCUT2D eigenvalue weighted by molar-refractivity contribution is -0.152.